The Bertz CT molecular complexity index is 993. The highest BCUT2D eigenvalue weighted by Crippen LogP contribution is 2.35. The SMILES string of the molecule is COc1cc(Br)c(CSc2nnc(COc3ccc(C(C)C)cc3)n2N)cc1OC. The van der Waals surface area contributed by atoms with Crippen molar-refractivity contribution >= 4 is 27.7 Å². The molecule has 1 heterocycles. The van der Waals surface area contributed by atoms with Crippen molar-refractivity contribution in [2.75, 3.05) is 20.1 Å². The number of nitrogens with two attached hydrogens (primary N) is 1. The molecule has 0 saturated carbocycles. The third-order valence-corrected chi connectivity index (χ3v) is 6.29. The number of halogens is 1. The molecule has 0 atom stereocenters. The summed E-state index contributed by atoms with van der Waals surface area (Å²) in [6.07, 6.45) is 0. The first-order valence-corrected chi connectivity index (χ1v) is 11.2. The molecule has 1 aromatic heterocycles. The van der Waals surface area contributed by atoms with Crippen molar-refractivity contribution in [3.8, 4) is 17.2 Å². The summed E-state index contributed by atoms with van der Waals surface area (Å²) in [6, 6.07) is 11.8. The van der Waals surface area contributed by atoms with E-state index >= 15 is 0 Å². The van der Waals surface area contributed by atoms with Crippen molar-refractivity contribution in [2.45, 2.75) is 37.3 Å². The summed E-state index contributed by atoms with van der Waals surface area (Å²) in [5.74, 6) is 9.94. The van der Waals surface area contributed by atoms with Gasteiger partial charge in [0.2, 0.25) is 5.16 Å². The van der Waals surface area contributed by atoms with E-state index in [0.717, 1.165) is 15.8 Å². The summed E-state index contributed by atoms with van der Waals surface area (Å²) in [5.41, 5.74) is 2.30. The van der Waals surface area contributed by atoms with Gasteiger partial charge in [-0.1, -0.05) is 53.7 Å². The molecule has 0 aliphatic heterocycles. The first-order chi connectivity index (χ1) is 14.4. The maximum atomic E-state index is 6.17. The summed E-state index contributed by atoms with van der Waals surface area (Å²) in [6.45, 7) is 4.56. The molecule has 2 N–H and O–H groups in total. The van der Waals surface area contributed by atoms with Crippen LogP contribution in [0.1, 0.15) is 36.7 Å². The van der Waals surface area contributed by atoms with Crippen molar-refractivity contribution in [1.29, 1.82) is 0 Å². The minimum absolute atomic E-state index is 0.241. The van der Waals surface area contributed by atoms with Gasteiger partial charge in [0.25, 0.3) is 0 Å². The van der Waals surface area contributed by atoms with Crippen LogP contribution in [0.25, 0.3) is 0 Å². The van der Waals surface area contributed by atoms with E-state index in [1.165, 1.54) is 22.0 Å². The first kappa shape index (κ1) is 22.3. The Balaban J connectivity index is 1.63. The molecule has 0 spiro atoms. The Hall–Kier alpha value is -2.39. The zero-order valence-corrected chi connectivity index (χ0v) is 19.8. The summed E-state index contributed by atoms with van der Waals surface area (Å²) < 4.78 is 18.9. The minimum atomic E-state index is 0.241. The molecular formula is C21H25BrN4O3S. The molecule has 30 heavy (non-hydrogen) atoms. The van der Waals surface area contributed by atoms with Gasteiger partial charge >= 0.3 is 0 Å². The summed E-state index contributed by atoms with van der Waals surface area (Å²) in [5, 5.41) is 8.95. The topological polar surface area (TPSA) is 84.4 Å². The minimum Gasteiger partial charge on any atom is -0.493 e. The third-order valence-electron chi connectivity index (χ3n) is 4.56. The fourth-order valence-corrected chi connectivity index (χ4v) is 4.26. The molecule has 3 aromatic rings. The fourth-order valence-electron chi connectivity index (χ4n) is 2.75. The van der Waals surface area contributed by atoms with Gasteiger partial charge in [0.05, 0.1) is 14.2 Å². The quantitative estimate of drug-likeness (QED) is 0.340. The number of hydrogen-bond acceptors (Lipinski definition) is 7. The zero-order valence-electron chi connectivity index (χ0n) is 17.4. The van der Waals surface area contributed by atoms with Crippen molar-refractivity contribution in [2.24, 2.45) is 0 Å². The van der Waals surface area contributed by atoms with Crippen LogP contribution in [0.2, 0.25) is 0 Å². The highest BCUT2D eigenvalue weighted by atomic mass is 79.9. The van der Waals surface area contributed by atoms with Gasteiger partial charge < -0.3 is 20.1 Å². The van der Waals surface area contributed by atoms with Crippen LogP contribution in [-0.4, -0.2) is 29.1 Å². The van der Waals surface area contributed by atoms with Gasteiger partial charge in [0.15, 0.2) is 17.3 Å². The van der Waals surface area contributed by atoms with Crippen LogP contribution in [0, 0.1) is 0 Å². The molecule has 3 rings (SSSR count). The normalized spacial score (nSPS) is 11.0. The molecule has 0 unspecified atom stereocenters. The number of nitrogen functional groups attached to an aromatic ring is 1. The number of aromatic nitrogens is 3. The summed E-state index contributed by atoms with van der Waals surface area (Å²) in [7, 11) is 3.22. The number of thioether (sulfide) groups is 1. The third kappa shape index (κ3) is 5.20. The highest BCUT2D eigenvalue weighted by molar-refractivity contribution is 9.10. The summed E-state index contributed by atoms with van der Waals surface area (Å²) in [4.78, 5) is 0. The smallest absolute Gasteiger partial charge is 0.210 e. The highest BCUT2D eigenvalue weighted by Gasteiger charge is 2.14. The van der Waals surface area contributed by atoms with Gasteiger partial charge in [0.1, 0.15) is 12.4 Å². The largest absolute Gasteiger partial charge is 0.493 e. The Morgan fingerprint density at radius 2 is 1.73 bits per heavy atom. The molecule has 0 aliphatic rings. The molecular weight excluding hydrogens is 468 g/mol. The number of rotatable bonds is 9. The van der Waals surface area contributed by atoms with Crippen molar-refractivity contribution in [3.63, 3.8) is 0 Å². The number of benzene rings is 2. The average molecular weight is 493 g/mol. The molecule has 2 aromatic carbocycles. The lowest BCUT2D eigenvalue weighted by atomic mass is 10.0. The molecule has 0 amide bonds. The van der Waals surface area contributed by atoms with Crippen molar-refractivity contribution in [1.82, 2.24) is 14.9 Å². The average Bonchev–Trinajstić information content (AvgIpc) is 3.10. The van der Waals surface area contributed by atoms with Crippen LogP contribution >= 0.6 is 27.7 Å². The van der Waals surface area contributed by atoms with Gasteiger partial charge in [-0.15, -0.1) is 10.2 Å². The molecule has 0 bridgehead atoms. The number of methoxy groups -OCH3 is 2. The maximum Gasteiger partial charge on any atom is 0.210 e. The number of ether oxygens (including phenoxy) is 3. The molecule has 7 nitrogen and oxygen atoms in total. The van der Waals surface area contributed by atoms with E-state index < -0.39 is 0 Å². The molecule has 9 heteroatoms. The zero-order chi connectivity index (χ0) is 21.7. The maximum absolute atomic E-state index is 6.17. The first-order valence-electron chi connectivity index (χ1n) is 9.38. The van der Waals surface area contributed by atoms with E-state index in [9.17, 15) is 0 Å². The van der Waals surface area contributed by atoms with Gasteiger partial charge in [-0.3, -0.25) is 0 Å². The molecule has 0 aliphatic carbocycles. The van der Waals surface area contributed by atoms with Crippen LogP contribution < -0.4 is 20.1 Å². The van der Waals surface area contributed by atoms with Crippen LogP contribution in [-0.2, 0) is 12.4 Å². The van der Waals surface area contributed by atoms with E-state index in [-0.39, 0.29) is 6.61 Å². The fraction of sp³-hybridized carbons (Fsp3) is 0.333. The van der Waals surface area contributed by atoms with E-state index in [0.29, 0.717) is 34.2 Å². The second-order valence-corrected chi connectivity index (χ2v) is 8.67. The van der Waals surface area contributed by atoms with Crippen LogP contribution in [0.4, 0.5) is 0 Å². The van der Waals surface area contributed by atoms with Gasteiger partial charge in [-0.2, -0.15) is 0 Å². The Morgan fingerprint density at radius 1 is 1.07 bits per heavy atom. The van der Waals surface area contributed by atoms with E-state index in [4.69, 9.17) is 20.1 Å². The van der Waals surface area contributed by atoms with Crippen molar-refractivity contribution in [3.05, 3.63) is 57.8 Å². The second-order valence-electron chi connectivity index (χ2n) is 6.87. The lowest BCUT2D eigenvalue weighted by molar-refractivity contribution is 0.291. The number of hydrogen-bond donors (Lipinski definition) is 1. The second kappa shape index (κ2) is 10.1. The van der Waals surface area contributed by atoms with Gasteiger partial charge in [-0.25, -0.2) is 4.68 Å². The molecule has 160 valence electrons. The van der Waals surface area contributed by atoms with E-state index in [1.807, 2.05) is 24.3 Å². The van der Waals surface area contributed by atoms with Gasteiger partial charge in [0, 0.05) is 10.2 Å². The number of nitrogens with zero attached hydrogens (tertiary/aromatic N) is 3. The molecule has 0 saturated heterocycles. The van der Waals surface area contributed by atoms with E-state index in [2.05, 4.69) is 52.1 Å². The predicted molar refractivity (Wildman–Crippen MR) is 122 cm³/mol. The van der Waals surface area contributed by atoms with E-state index in [1.54, 1.807) is 14.2 Å². The Morgan fingerprint density at radius 3 is 2.37 bits per heavy atom. The molecule has 0 radical (unpaired) electrons. The Labute approximate surface area is 189 Å². The lowest BCUT2D eigenvalue weighted by Crippen LogP contribution is -2.15. The van der Waals surface area contributed by atoms with Crippen LogP contribution in [0.3, 0.4) is 0 Å². The Kier molecular flexibility index (Phi) is 7.49. The summed E-state index contributed by atoms with van der Waals surface area (Å²) >= 11 is 5.05. The molecule has 0 fully saturated rings. The monoisotopic (exact) mass is 492 g/mol. The van der Waals surface area contributed by atoms with Gasteiger partial charge in [-0.05, 0) is 41.3 Å². The standard InChI is InChI=1S/C21H25BrN4O3S/c1-13(2)14-5-7-16(8-6-14)29-11-20-24-25-21(26(20)23)30-12-15-9-18(27-3)19(28-4)10-17(15)22/h5-10,13H,11-12,23H2,1-4H3. The van der Waals surface area contributed by atoms with Crippen LogP contribution in [0.15, 0.2) is 46.0 Å². The predicted octanol–water partition coefficient (Wildman–Crippen LogP) is 4.77. The lowest BCUT2D eigenvalue weighted by Gasteiger charge is -2.11. The van der Waals surface area contributed by atoms with Crippen LogP contribution in [0.5, 0.6) is 17.2 Å². The van der Waals surface area contributed by atoms with Crippen molar-refractivity contribution < 1.29 is 14.2 Å².